The van der Waals surface area contributed by atoms with Crippen molar-refractivity contribution in [2.24, 2.45) is 5.73 Å². The number of carbonyl (C=O) groups is 2. The zero-order chi connectivity index (χ0) is 21.2. The third-order valence-corrected chi connectivity index (χ3v) is 6.80. The van der Waals surface area contributed by atoms with Crippen LogP contribution in [-0.2, 0) is 14.8 Å². The van der Waals surface area contributed by atoms with E-state index in [4.69, 9.17) is 10.5 Å². The lowest BCUT2D eigenvalue weighted by atomic mass is 10.1. The van der Waals surface area contributed by atoms with Crippen molar-refractivity contribution in [1.29, 1.82) is 0 Å². The maximum atomic E-state index is 13.0. The van der Waals surface area contributed by atoms with E-state index in [1.807, 2.05) is 6.92 Å². The van der Waals surface area contributed by atoms with Gasteiger partial charge in [-0.25, -0.2) is 8.42 Å². The zero-order valence-electron chi connectivity index (χ0n) is 16.2. The fraction of sp³-hybridized carbons (Fsp3) is 0.300. The van der Waals surface area contributed by atoms with Crippen LogP contribution in [0.1, 0.15) is 28.8 Å². The third kappa shape index (κ3) is 4.25. The van der Waals surface area contributed by atoms with Gasteiger partial charge in [-0.3, -0.25) is 9.59 Å². The van der Waals surface area contributed by atoms with Crippen LogP contribution in [0.25, 0.3) is 0 Å². The summed E-state index contributed by atoms with van der Waals surface area (Å²) in [7, 11) is -2.38. The third-order valence-electron chi connectivity index (χ3n) is 4.88. The second-order valence-corrected chi connectivity index (χ2v) is 8.75. The average molecular weight is 417 g/mol. The fourth-order valence-electron chi connectivity index (χ4n) is 3.31. The van der Waals surface area contributed by atoms with E-state index in [2.05, 4.69) is 5.32 Å². The molecule has 1 atom stereocenters. The molecule has 1 aliphatic heterocycles. The topological polar surface area (TPSA) is 119 Å². The van der Waals surface area contributed by atoms with Crippen LogP contribution in [0.15, 0.2) is 47.4 Å². The number of methoxy groups -OCH3 is 1. The Labute approximate surface area is 169 Å². The molecule has 154 valence electrons. The van der Waals surface area contributed by atoms with Gasteiger partial charge in [-0.2, -0.15) is 4.31 Å². The van der Waals surface area contributed by atoms with Crippen molar-refractivity contribution in [3.8, 4) is 5.75 Å². The summed E-state index contributed by atoms with van der Waals surface area (Å²) in [5.74, 6) is -0.792. The Morgan fingerprint density at radius 3 is 2.48 bits per heavy atom. The van der Waals surface area contributed by atoms with Gasteiger partial charge in [-0.15, -0.1) is 0 Å². The van der Waals surface area contributed by atoms with E-state index >= 15 is 0 Å². The summed E-state index contributed by atoms with van der Waals surface area (Å²) < 4.78 is 32.5. The van der Waals surface area contributed by atoms with Gasteiger partial charge in [-0.1, -0.05) is 17.7 Å². The number of aryl methyl sites for hydroxylation is 1. The number of nitrogens with one attached hydrogen (secondary N) is 1. The Bertz CT molecular complexity index is 1030. The molecule has 0 radical (unpaired) electrons. The van der Waals surface area contributed by atoms with Crippen LogP contribution in [0.3, 0.4) is 0 Å². The van der Waals surface area contributed by atoms with E-state index in [1.165, 1.54) is 41.7 Å². The Kier molecular flexibility index (Phi) is 5.90. The number of hydrogen-bond acceptors (Lipinski definition) is 5. The van der Waals surface area contributed by atoms with E-state index in [-0.39, 0.29) is 22.7 Å². The minimum Gasteiger partial charge on any atom is -0.495 e. The SMILES string of the molecule is COc1ccc(C(N)=O)cc1NC(=O)[C@@H]1CCCN1S(=O)(=O)c1ccc(C)cc1. The highest BCUT2D eigenvalue weighted by Crippen LogP contribution is 2.30. The van der Waals surface area contributed by atoms with E-state index in [0.29, 0.717) is 18.6 Å². The summed E-state index contributed by atoms with van der Waals surface area (Å²) >= 11 is 0. The lowest BCUT2D eigenvalue weighted by molar-refractivity contribution is -0.119. The molecule has 29 heavy (non-hydrogen) atoms. The fourth-order valence-corrected chi connectivity index (χ4v) is 4.97. The number of benzene rings is 2. The predicted octanol–water partition coefficient (Wildman–Crippen LogP) is 1.89. The molecule has 9 heteroatoms. The van der Waals surface area contributed by atoms with Gasteiger partial charge >= 0.3 is 0 Å². The summed E-state index contributed by atoms with van der Waals surface area (Å²) in [6.07, 6.45) is 0.969. The number of ether oxygens (including phenoxy) is 1. The van der Waals surface area contributed by atoms with Crippen molar-refractivity contribution in [2.75, 3.05) is 19.0 Å². The molecule has 1 aliphatic rings. The van der Waals surface area contributed by atoms with Crippen LogP contribution in [0.5, 0.6) is 5.75 Å². The minimum absolute atomic E-state index is 0.149. The number of primary amides is 1. The molecular weight excluding hydrogens is 394 g/mol. The van der Waals surface area contributed by atoms with Gasteiger partial charge in [0.2, 0.25) is 21.8 Å². The normalized spacial score (nSPS) is 17.1. The summed E-state index contributed by atoms with van der Waals surface area (Å²) in [6, 6.07) is 10.1. The molecule has 0 aromatic heterocycles. The highest BCUT2D eigenvalue weighted by Gasteiger charge is 2.39. The zero-order valence-corrected chi connectivity index (χ0v) is 17.0. The molecule has 2 aromatic rings. The number of anilines is 1. The number of carbonyl (C=O) groups excluding carboxylic acids is 2. The Morgan fingerprint density at radius 1 is 1.17 bits per heavy atom. The molecule has 2 aromatic carbocycles. The highest BCUT2D eigenvalue weighted by atomic mass is 32.2. The molecule has 0 saturated carbocycles. The second kappa shape index (κ2) is 8.22. The number of nitrogens with zero attached hydrogens (tertiary/aromatic N) is 1. The second-order valence-electron chi connectivity index (χ2n) is 6.86. The molecule has 2 amide bonds. The van der Waals surface area contributed by atoms with Gasteiger partial charge in [0.15, 0.2) is 0 Å². The number of rotatable bonds is 6. The smallest absolute Gasteiger partial charge is 0.248 e. The lowest BCUT2D eigenvalue weighted by Gasteiger charge is -2.24. The van der Waals surface area contributed by atoms with Gasteiger partial charge < -0.3 is 15.8 Å². The molecule has 0 bridgehead atoms. The van der Waals surface area contributed by atoms with Gasteiger partial charge in [0.25, 0.3) is 0 Å². The first-order valence-electron chi connectivity index (χ1n) is 9.11. The molecule has 3 N–H and O–H groups in total. The Hall–Kier alpha value is -2.91. The largest absolute Gasteiger partial charge is 0.495 e. The molecule has 1 fully saturated rings. The molecule has 0 unspecified atom stereocenters. The van der Waals surface area contributed by atoms with E-state index in [0.717, 1.165) is 5.56 Å². The lowest BCUT2D eigenvalue weighted by Crippen LogP contribution is -2.43. The summed E-state index contributed by atoms with van der Waals surface area (Å²) in [6.45, 7) is 2.13. The summed E-state index contributed by atoms with van der Waals surface area (Å²) in [4.78, 5) is 24.5. The molecule has 0 aliphatic carbocycles. The first-order chi connectivity index (χ1) is 13.7. The maximum Gasteiger partial charge on any atom is 0.248 e. The average Bonchev–Trinajstić information content (AvgIpc) is 3.19. The van der Waals surface area contributed by atoms with Crippen molar-refractivity contribution in [1.82, 2.24) is 4.31 Å². The molecule has 3 rings (SSSR count). The first-order valence-corrected chi connectivity index (χ1v) is 10.6. The highest BCUT2D eigenvalue weighted by molar-refractivity contribution is 7.89. The van der Waals surface area contributed by atoms with Crippen LogP contribution in [0.4, 0.5) is 5.69 Å². The summed E-state index contributed by atoms with van der Waals surface area (Å²) in [5.41, 5.74) is 6.71. The molecule has 0 spiro atoms. The number of hydrogen-bond donors (Lipinski definition) is 2. The molecule has 1 saturated heterocycles. The standard InChI is InChI=1S/C20H23N3O5S/c1-13-5-8-15(9-6-13)29(26,27)23-11-3-4-17(23)20(25)22-16-12-14(19(21)24)7-10-18(16)28-2/h5-10,12,17H,3-4,11H2,1-2H3,(H2,21,24)(H,22,25)/t17-/m0/s1. The quantitative estimate of drug-likeness (QED) is 0.744. The maximum absolute atomic E-state index is 13.0. The van der Waals surface area contributed by atoms with Crippen LogP contribution < -0.4 is 15.8 Å². The van der Waals surface area contributed by atoms with Crippen LogP contribution in [0, 0.1) is 6.92 Å². The van der Waals surface area contributed by atoms with E-state index < -0.39 is 27.9 Å². The van der Waals surface area contributed by atoms with Gasteiger partial charge in [0.1, 0.15) is 11.8 Å². The van der Waals surface area contributed by atoms with Crippen LogP contribution in [-0.4, -0.2) is 44.2 Å². The number of nitrogens with two attached hydrogens (primary N) is 1. The molecule has 8 nitrogen and oxygen atoms in total. The van der Waals surface area contributed by atoms with E-state index in [9.17, 15) is 18.0 Å². The number of amides is 2. The van der Waals surface area contributed by atoms with Crippen molar-refractivity contribution in [2.45, 2.75) is 30.7 Å². The summed E-state index contributed by atoms with van der Waals surface area (Å²) in [5, 5.41) is 2.68. The predicted molar refractivity (Wildman–Crippen MR) is 108 cm³/mol. The monoisotopic (exact) mass is 417 g/mol. The van der Waals surface area contributed by atoms with Gasteiger partial charge in [0.05, 0.1) is 17.7 Å². The Balaban J connectivity index is 1.86. The molecular formula is C20H23N3O5S. The number of sulfonamides is 1. The van der Waals surface area contributed by atoms with Crippen molar-refractivity contribution in [3.05, 3.63) is 53.6 Å². The van der Waals surface area contributed by atoms with Crippen molar-refractivity contribution >= 4 is 27.5 Å². The van der Waals surface area contributed by atoms with Crippen molar-refractivity contribution in [3.63, 3.8) is 0 Å². The van der Waals surface area contributed by atoms with Crippen LogP contribution in [0.2, 0.25) is 0 Å². The van der Waals surface area contributed by atoms with Gasteiger partial charge in [-0.05, 0) is 50.1 Å². The first kappa shape index (κ1) is 20.8. The Morgan fingerprint density at radius 2 is 1.86 bits per heavy atom. The van der Waals surface area contributed by atoms with Crippen molar-refractivity contribution < 1.29 is 22.7 Å². The molecule has 1 heterocycles. The van der Waals surface area contributed by atoms with Gasteiger partial charge in [0, 0.05) is 12.1 Å². The minimum atomic E-state index is -3.81. The van der Waals surface area contributed by atoms with E-state index in [1.54, 1.807) is 12.1 Å². The van der Waals surface area contributed by atoms with Crippen LogP contribution >= 0.6 is 0 Å².